The van der Waals surface area contributed by atoms with Crippen LogP contribution in [0, 0.1) is 5.41 Å². The van der Waals surface area contributed by atoms with E-state index < -0.39 is 0 Å². The van der Waals surface area contributed by atoms with Crippen molar-refractivity contribution in [2.75, 3.05) is 6.61 Å². The smallest absolute Gasteiger partial charge is 0.125 e. The quantitative estimate of drug-likeness (QED) is 0.920. The normalized spacial score (nSPS) is 16.3. The standard InChI is InChI=1S/C15H22BrNO/c1-4-15(2,3)13(17)9-11-8-12(16)7-10-5-6-18-14(10)11/h7-8,13H,4-6,9,17H2,1-3H3. The van der Waals surface area contributed by atoms with Gasteiger partial charge < -0.3 is 10.5 Å². The summed E-state index contributed by atoms with van der Waals surface area (Å²) < 4.78 is 6.88. The molecule has 0 spiro atoms. The minimum atomic E-state index is 0.157. The van der Waals surface area contributed by atoms with E-state index in [4.69, 9.17) is 10.5 Å². The molecule has 1 aromatic carbocycles. The van der Waals surface area contributed by atoms with Gasteiger partial charge in [0.2, 0.25) is 0 Å². The summed E-state index contributed by atoms with van der Waals surface area (Å²) in [5.41, 5.74) is 9.08. The van der Waals surface area contributed by atoms with Crippen molar-refractivity contribution in [2.45, 2.75) is 46.1 Å². The highest BCUT2D eigenvalue weighted by atomic mass is 79.9. The van der Waals surface area contributed by atoms with Crippen LogP contribution >= 0.6 is 15.9 Å². The Hall–Kier alpha value is -0.540. The first-order valence-corrected chi connectivity index (χ1v) is 7.43. The molecule has 100 valence electrons. The molecule has 1 unspecified atom stereocenters. The van der Waals surface area contributed by atoms with Crippen molar-refractivity contribution in [3.63, 3.8) is 0 Å². The van der Waals surface area contributed by atoms with Crippen LogP contribution in [0.5, 0.6) is 5.75 Å². The van der Waals surface area contributed by atoms with Gasteiger partial charge in [-0.2, -0.15) is 0 Å². The minimum Gasteiger partial charge on any atom is -0.493 e. The van der Waals surface area contributed by atoms with Gasteiger partial charge in [0.15, 0.2) is 0 Å². The highest BCUT2D eigenvalue weighted by molar-refractivity contribution is 9.10. The van der Waals surface area contributed by atoms with Crippen molar-refractivity contribution in [1.29, 1.82) is 0 Å². The molecule has 3 heteroatoms. The lowest BCUT2D eigenvalue weighted by atomic mass is 9.79. The van der Waals surface area contributed by atoms with Gasteiger partial charge in [0, 0.05) is 16.9 Å². The highest BCUT2D eigenvalue weighted by Gasteiger charge is 2.27. The summed E-state index contributed by atoms with van der Waals surface area (Å²) in [5.74, 6) is 1.07. The molecule has 0 saturated carbocycles. The molecule has 1 aromatic rings. The largest absolute Gasteiger partial charge is 0.493 e. The Bertz CT molecular complexity index is 442. The molecule has 0 aromatic heterocycles. The van der Waals surface area contributed by atoms with Gasteiger partial charge in [-0.25, -0.2) is 0 Å². The molecule has 1 aliphatic rings. The number of rotatable bonds is 4. The summed E-state index contributed by atoms with van der Waals surface area (Å²) in [5, 5.41) is 0. The first kappa shape index (κ1) is 13.9. The highest BCUT2D eigenvalue weighted by Crippen LogP contribution is 2.35. The van der Waals surface area contributed by atoms with Crippen LogP contribution in [0.3, 0.4) is 0 Å². The van der Waals surface area contributed by atoms with Crippen molar-refractivity contribution >= 4 is 15.9 Å². The first-order chi connectivity index (χ1) is 8.44. The van der Waals surface area contributed by atoms with Gasteiger partial charge in [-0.1, -0.05) is 36.7 Å². The van der Waals surface area contributed by atoms with E-state index in [0.29, 0.717) is 0 Å². The van der Waals surface area contributed by atoms with Crippen LogP contribution in [-0.4, -0.2) is 12.6 Å². The number of fused-ring (bicyclic) bond motifs is 1. The summed E-state index contributed by atoms with van der Waals surface area (Å²) in [7, 11) is 0. The zero-order chi connectivity index (χ0) is 13.3. The van der Waals surface area contributed by atoms with E-state index in [9.17, 15) is 0 Å². The molecule has 1 heterocycles. The lowest BCUT2D eigenvalue weighted by molar-refractivity contribution is 0.270. The van der Waals surface area contributed by atoms with Gasteiger partial charge in [-0.05, 0) is 41.5 Å². The Balaban J connectivity index is 2.25. The maximum absolute atomic E-state index is 6.37. The number of ether oxygens (including phenoxy) is 1. The molecular weight excluding hydrogens is 290 g/mol. The van der Waals surface area contributed by atoms with E-state index in [0.717, 1.165) is 36.1 Å². The molecule has 0 fully saturated rings. The van der Waals surface area contributed by atoms with Crippen LogP contribution in [0.15, 0.2) is 16.6 Å². The van der Waals surface area contributed by atoms with Crippen molar-refractivity contribution in [2.24, 2.45) is 11.1 Å². The first-order valence-electron chi connectivity index (χ1n) is 6.63. The average Bonchev–Trinajstić information content (AvgIpc) is 2.76. The Morgan fingerprint density at radius 2 is 2.17 bits per heavy atom. The van der Waals surface area contributed by atoms with E-state index in [1.807, 2.05) is 0 Å². The summed E-state index contributed by atoms with van der Waals surface area (Å²) in [6, 6.07) is 4.46. The van der Waals surface area contributed by atoms with Gasteiger partial charge in [0.05, 0.1) is 6.61 Å². The number of halogens is 1. The Morgan fingerprint density at radius 1 is 1.44 bits per heavy atom. The molecule has 0 bridgehead atoms. The summed E-state index contributed by atoms with van der Waals surface area (Å²) in [6.45, 7) is 7.46. The van der Waals surface area contributed by atoms with Gasteiger partial charge in [-0.3, -0.25) is 0 Å². The van der Waals surface area contributed by atoms with E-state index in [1.54, 1.807) is 0 Å². The lowest BCUT2D eigenvalue weighted by Crippen LogP contribution is -2.38. The molecule has 2 rings (SSSR count). The molecule has 0 radical (unpaired) electrons. The van der Waals surface area contributed by atoms with Crippen LogP contribution in [-0.2, 0) is 12.8 Å². The lowest BCUT2D eigenvalue weighted by Gasteiger charge is -2.30. The zero-order valence-electron chi connectivity index (χ0n) is 11.4. The average molecular weight is 312 g/mol. The van der Waals surface area contributed by atoms with E-state index in [2.05, 4.69) is 48.8 Å². The zero-order valence-corrected chi connectivity index (χ0v) is 13.0. The van der Waals surface area contributed by atoms with Crippen molar-refractivity contribution in [3.8, 4) is 5.75 Å². The van der Waals surface area contributed by atoms with E-state index in [1.165, 1.54) is 11.1 Å². The van der Waals surface area contributed by atoms with Crippen LogP contribution in [0.25, 0.3) is 0 Å². The van der Waals surface area contributed by atoms with E-state index in [-0.39, 0.29) is 11.5 Å². The fourth-order valence-corrected chi connectivity index (χ4v) is 2.83. The summed E-state index contributed by atoms with van der Waals surface area (Å²) >= 11 is 3.58. The summed E-state index contributed by atoms with van der Waals surface area (Å²) in [6.07, 6.45) is 2.97. The molecule has 2 nitrogen and oxygen atoms in total. The Morgan fingerprint density at radius 3 is 2.83 bits per heavy atom. The fourth-order valence-electron chi connectivity index (χ4n) is 2.27. The van der Waals surface area contributed by atoms with Crippen LogP contribution in [0.2, 0.25) is 0 Å². The molecule has 2 N–H and O–H groups in total. The van der Waals surface area contributed by atoms with E-state index >= 15 is 0 Å². The third-order valence-electron chi connectivity index (χ3n) is 4.18. The SMILES string of the molecule is CCC(C)(C)C(N)Cc1cc(Br)cc2c1OCC2. The topological polar surface area (TPSA) is 35.2 Å². The minimum absolute atomic E-state index is 0.157. The van der Waals surface area contributed by atoms with Gasteiger partial charge in [0.25, 0.3) is 0 Å². The maximum atomic E-state index is 6.37. The molecule has 18 heavy (non-hydrogen) atoms. The van der Waals surface area contributed by atoms with Gasteiger partial charge in [0.1, 0.15) is 5.75 Å². The number of benzene rings is 1. The molecule has 0 amide bonds. The predicted octanol–water partition coefficient (Wildman–Crippen LogP) is 3.69. The Labute approximate surface area is 118 Å². The van der Waals surface area contributed by atoms with Crippen LogP contribution < -0.4 is 10.5 Å². The second kappa shape index (κ2) is 5.22. The number of hydrogen-bond acceptors (Lipinski definition) is 2. The predicted molar refractivity (Wildman–Crippen MR) is 79.1 cm³/mol. The van der Waals surface area contributed by atoms with Crippen LogP contribution in [0.1, 0.15) is 38.3 Å². The molecule has 1 aliphatic heterocycles. The molecule has 1 atom stereocenters. The number of nitrogens with two attached hydrogens (primary N) is 1. The number of hydrogen-bond donors (Lipinski definition) is 1. The molecule has 0 saturated heterocycles. The van der Waals surface area contributed by atoms with Gasteiger partial charge in [-0.15, -0.1) is 0 Å². The van der Waals surface area contributed by atoms with Crippen molar-refractivity contribution in [3.05, 3.63) is 27.7 Å². The van der Waals surface area contributed by atoms with Crippen LogP contribution in [0.4, 0.5) is 0 Å². The molecular formula is C15H22BrNO. The Kier molecular flexibility index (Phi) is 4.02. The second-order valence-corrected chi connectivity index (χ2v) is 6.72. The second-order valence-electron chi connectivity index (χ2n) is 5.80. The third-order valence-corrected chi connectivity index (χ3v) is 4.64. The summed E-state index contributed by atoms with van der Waals surface area (Å²) in [4.78, 5) is 0. The monoisotopic (exact) mass is 311 g/mol. The molecule has 0 aliphatic carbocycles. The fraction of sp³-hybridized carbons (Fsp3) is 0.600. The maximum Gasteiger partial charge on any atom is 0.125 e. The van der Waals surface area contributed by atoms with Gasteiger partial charge >= 0.3 is 0 Å². The third kappa shape index (κ3) is 2.72. The van der Waals surface area contributed by atoms with Crippen molar-refractivity contribution in [1.82, 2.24) is 0 Å². The van der Waals surface area contributed by atoms with Crippen molar-refractivity contribution < 1.29 is 4.74 Å².